The summed E-state index contributed by atoms with van der Waals surface area (Å²) in [6.07, 6.45) is 0. The number of rotatable bonds is 8. The number of benzene rings is 3. The van der Waals surface area contributed by atoms with Crippen LogP contribution in [0, 0.1) is 27.7 Å². The van der Waals surface area contributed by atoms with Crippen molar-refractivity contribution in [3.63, 3.8) is 0 Å². The van der Waals surface area contributed by atoms with Crippen LogP contribution in [-0.4, -0.2) is 27.4 Å². The summed E-state index contributed by atoms with van der Waals surface area (Å²) in [7, 11) is 0. The monoisotopic (exact) mass is 501 g/mol. The van der Waals surface area contributed by atoms with E-state index >= 15 is 0 Å². The van der Waals surface area contributed by atoms with Crippen LogP contribution in [0.4, 0.5) is 34.9 Å². The largest absolute Gasteiger partial charge is 0.345 e. The van der Waals surface area contributed by atoms with Crippen molar-refractivity contribution in [2.75, 3.05) is 27.8 Å². The molecule has 1 amide bonds. The number of carbonyl (C=O) groups is 1. The van der Waals surface area contributed by atoms with Gasteiger partial charge < -0.3 is 21.3 Å². The first-order valence-corrected chi connectivity index (χ1v) is 11.9. The standard InChI is InChI=1S/C27H28ClN7O/c1-16-8-10-22(18(3)12-16)31-26-33-25(29-15-24(36)30-21-7-5-6-20(28)14-21)34-27(35-26)32-23-11-9-17(2)13-19(23)4/h5-14H,15H2,1-4H3,(H,30,36)(H3,29,31,32,33,34,35). The Labute approximate surface area is 215 Å². The SMILES string of the molecule is Cc1ccc(Nc2nc(NCC(=O)Nc3cccc(Cl)c3)nc(Nc3ccc(C)cc3C)n2)c(C)c1. The molecule has 0 atom stereocenters. The highest BCUT2D eigenvalue weighted by Crippen LogP contribution is 2.24. The quantitative estimate of drug-likeness (QED) is 0.225. The van der Waals surface area contributed by atoms with Gasteiger partial charge in [-0.25, -0.2) is 0 Å². The molecule has 0 spiro atoms. The first kappa shape index (κ1) is 24.9. The third-order valence-electron chi connectivity index (χ3n) is 5.41. The maximum atomic E-state index is 12.5. The van der Waals surface area contributed by atoms with E-state index in [1.165, 1.54) is 11.1 Å². The van der Waals surface area contributed by atoms with Crippen molar-refractivity contribution in [1.29, 1.82) is 0 Å². The lowest BCUT2D eigenvalue weighted by atomic mass is 10.1. The van der Waals surface area contributed by atoms with Crippen molar-refractivity contribution in [1.82, 2.24) is 15.0 Å². The molecule has 184 valence electrons. The van der Waals surface area contributed by atoms with Gasteiger partial charge in [0, 0.05) is 22.1 Å². The van der Waals surface area contributed by atoms with E-state index in [9.17, 15) is 4.79 Å². The molecule has 36 heavy (non-hydrogen) atoms. The molecule has 0 unspecified atom stereocenters. The van der Waals surface area contributed by atoms with E-state index < -0.39 is 0 Å². The van der Waals surface area contributed by atoms with E-state index in [0.29, 0.717) is 22.6 Å². The predicted molar refractivity (Wildman–Crippen MR) is 147 cm³/mol. The van der Waals surface area contributed by atoms with Crippen LogP contribution in [0.2, 0.25) is 5.02 Å². The lowest BCUT2D eigenvalue weighted by molar-refractivity contribution is -0.114. The number of halogens is 1. The molecular formula is C27H28ClN7O. The van der Waals surface area contributed by atoms with E-state index in [0.717, 1.165) is 22.5 Å². The van der Waals surface area contributed by atoms with Crippen molar-refractivity contribution in [3.05, 3.63) is 87.9 Å². The molecule has 0 aliphatic carbocycles. The fourth-order valence-electron chi connectivity index (χ4n) is 3.65. The summed E-state index contributed by atoms with van der Waals surface area (Å²) in [6, 6.07) is 19.1. The Bertz CT molecular complexity index is 1340. The lowest BCUT2D eigenvalue weighted by Crippen LogP contribution is -2.23. The molecule has 0 saturated carbocycles. The van der Waals surface area contributed by atoms with Crippen molar-refractivity contribution in [2.24, 2.45) is 0 Å². The maximum absolute atomic E-state index is 12.5. The van der Waals surface area contributed by atoms with Crippen molar-refractivity contribution in [2.45, 2.75) is 27.7 Å². The summed E-state index contributed by atoms with van der Waals surface area (Å²) in [5.74, 6) is 0.695. The van der Waals surface area contributed by atoms with Crippen LogP contribution in [0.3, 0.4) is 0 Å². The zero-order valence-electron chi connectivity index (χ0n) is 20.6. The summed E-state index contributed by atoms with van der Waals surface area (Å²) in [5.41, 5.74) is 6.84. The molecule has 8 nitrogen and oxygen atoms in total. The number of hydrogen-bond acceptors (Lipinski definition) is 7. The van der Waals surface area contributed by atoms with Gasteiger partial charge in [-0.1, -0.05) is 53.1 Å². The molecule has 1 heterocycles. The normalized spacial score (nSPS) is 10.6. The minimum absolute atomic E-state index is 0.0392. The topological polar surface area (TPSA) is 104 Å². The highest BCUT2D eigenvalue weighted by atomic mass is 35.5. The average Bonchev–Trinajstić information content (AvgIpc) is 2.81. The Morgan fingerprint density at radius 3 is 1.83 bits per heavy atom. The second kappa shape index (κ2) is 11.0. The van der Waals surface area contributed by atoms with Gasteiger partial charge in [0.1, 0.15) is 0 Å². The van der Waals surface area contributed by atoms with E-state index in [1.807, 2.05) is 52.0 Å². The molecule has 0 bridgehead atoms. The molecule has 3 aromatic carbocycles. The highest BCUT2D eigenvalue weighted by Gasteiger charge is 2.11. The zero-order chi connectivity index (χ0) is 25.7. The summed E-state index contributed by atoms with van der Waals surface area (Å²) in [4.78, 5) is 26.0. The third-order valence-corrected chi connectivity index (χ3v) is 5.64. The second-order valence-electron chi connectivity index (χ2n) is 8.61. The summed E-state index contributed by atoms with van der Waals surface area (Å²) in [6.45, 7) is 8.09. The summed E-state index contributed by atoms with van der Waals surface area (Å²) in [5, 5.41) is 12.9. The van der Waals surface area contributed by atoms with E-state index in [2.05, 4.69) is 48.4 Å². The average molecular weight is 502 g/mol. The molecule has 0 saturated heterocycles. The van der Waals surface area contributed by atoms with Gasteiger partial charge in [-0.05, 0) is 69.2 Å². The number of amides is 1. The fraction of sp³-hybridized carbons (Fsp3) is 0.185. The number of nitrogens with one attached hydrogen (secondary N) is 4. The van der Waals surface area contributed by atoms with Crippen LogP contribution >= 0.6 is 11.6 Å². The van der Waals surface area contributed by atoms with Crippen LogP contribution in [0.25, 0.3) is 0 Å². The number of hydrogen-bond donors (Lipinski definition) is 4. The summed E-state index contributed by atoms with van der Waals surface area (Å²) >= 11 is 6.00. The summed E-state index contributed by atoms with van der Waals surface area (Å²) < 4.78 is 0. The molecular weight excluding hydrogens is 474 g/mol. The van der Waals surface area contributed by atoms with E-state index in [-0.39, 0.29) is 18.4 Å². The van der Waals surface area contributed by atoms with Crippen LogP contribution < -0.4 is 21.3 Å². The van der Waals surface area contributed by atoms with Crippen molar-refractivity contribution >= 4 is 52.4 Å². The van der Waals surface area contributed by atoms with Gasteiger partial charge in [-0.2, -0.15) is 15.0 Å². The Kier molecular flexibility index (Phi) is 7.65. The first-order valence-electron chi connectivity index (χ1n) is 11.5. The smallest absolute Gasteiger partial charge is 0.243 e. The molecule has 0 aliphatic heterocycles. The highest BCUT2D eigenvalue weighted by molar-refractivity contribution is 6.30. The van der Waals surface area contributed by atoms with Crippen molar-refractivity contribution in [3.8, 4) is 0 Å². The number of aromatic nitrogens is 3. The van der Waals surface area contributed by atoms with E-state index in [1.54, 1.807) is 24.3 Å². The second-order valence-corrected chi connectivity index (χ2v) is 9.04. The third kappa shape index (κ3) is 6.70. The van der Waals surface area contributed by atoms with Crippen LogP contribution in [0.15, 0.2) is 60.7 Å². The first-order chi connectivity index (χ1) is 17.2. The van der Waals surface area contributed by atoms with E-state index in [4.69, 9.17) is 11.6 Å². The molecule has 4 N–H and O–H groups in total. The molecule has 0 aliphatic rings. The van der Waals surface area contributed by atoms with Gasteiger partial charge in [0.25, 0.3) is 0 Å². The van der Waals surface area contributed by atoms with Gasteiger partial charge in [-0.15, -0.1) is 0 Å². The number of anilines is 6. The molecule has 4 rings (SSSR count). The Balaban J connectivity index is 1.56. The fourth-order valence-corrected chi connectivity index (χ4v) is 3.84. The molecule has 0 radical (unpaired) electrons. The van der Waals surface area contributed by atoms with Crippen LogP contribution in [0.5, 0.6) is 0 Å². The van der Waals surface area contributed by atoms with Crippen molar-refractivity contribution < 1.29 is 4.79 Å². The minimum atomic E-state index is -0.259. The number of aryl methyl sites for hydroxylation is 4. The number of carbonyl (C=O) groups excluding carboxylic acids is 1. The molecule has 0 fully saturated rings. The van der Waals surface area contributed by atoms with Gasteiger partial charge in [0.2, 0.25) is 23.8 Å². The Morgan fingerprint density at radius 1 is 0.750 bits per heavy atom. The predicted octanol–water partition coefficient (Wildman–Crippen LogP) is 6.30. The Hall–Kier alpha value is -4.17. The lowest BCUT2D eigenvalue weighted by Gasteiger charge is -2.14. The van der Waals surface area contributed by atoms with Crippen LogP contribution in [0.1, 0.15) is 22.3 Å². The van der Waals surface area contributed by atoms with Gasteiger partial charge >= 0.3 is 0 Å². The van der Waals surface area contributed by atoms with Gasteiger partial charge in [0.05, 0.1) is 6.54 Å². The Morgan fingerprint density at radius 2 is 1.31 bits per heavy atom. The zero-order valence-corrected chi connectivity index (χ0v) is 21.4. The molecule has 9 heteroatoms. The molecule has 4 aromatic rings. The van der Waals surface area contributed by atoms with Gasteiger partial charge in [-0.3, -0.25) is 4.79 Å². The number of nitrogens with zero attached hydrogens (tertiary/aromatic N) is 3. The molecule has 1 aromatic heterocycles. The maximum Gasteiger partial charge on any atom is 0.243 e. The van der Waals surface area contributed by atoms with Crippen LogP contribution in [-0.2, 0) is 4.79 Å². The minimum Gasteiger partial charge on any atom is -0.345 e. The van der Waals surface area contributed by atoms with Gasteiger partial charge in [0.15, 0.2) is 0 Å².